The molecule has 0 unspecified atom stereocenters. The van der Waals surface area contributed by atoms with Crippen LogP contribution < -0.4 is 0 Å². The first-order valence-electron chi connectivity index (χ1n) is 5.53. The minimum atomic E-state index is -0.985. The molecule has 2 heterocycles. The smallest absolute Gasteiger partial charge is 0.341 e. The molecule has 1 aliphatic rings. The van der Waals surface area contributed by atoms with Crippen LogP contribution in [-0.4, -0.2) is 25.7 Å². The fourth-order valence-corrected chi connectivity index (χ4v) is 2.66. The SMILES string of the molecule is O=C(O)c1c[nH]n2c(=S)c3c(nc12)CCCC3. The van der Waals surface area contributed by atoms with Crippen molar-refractivity contribution in [2.45, 2.75) is 25.7 Å². The van der Waals surface area contributed by atoms with Crippen molar-refractivity contribution < 1.29 is 9.90 Å². The molecule has 0 radical (unpaired) electrons. The van der Waals surface area contributed by atoms with Gasteiger partial charge in [-0.15, -0.1) is 0 Å². The van der Waals surface area contributed by atoms with Gasteiger partial charge in [0.1, 0.15) is 10.2 Å². The summed E-state index contributed by atoms with van der Waals surface area (Å²) in [6, 6.07) is 0. The van der Waals surface area contributed by atoms with Gasteiger partial charge < -0.3 is 5.11 Å². The number of fused-ring (bicyclic) bond motifs is 2. The molecule has 0 fully saturated rings. The summed E-state index contributed by atoms with van der Waals surface area (Å²) in [6.45, 7) is 0. The predicted molar refractivity (Wildman–Crippen MR) is 64.0 cm³/mol. The summed E-state index contributed by atoms with van der Waals surface area (Å²) in [5.74, 6) is -0.985. The number of aryl methyl sites for hydroxylation is 1. The zero-order valence-electron chi connectivity index (χ0n) is 9.06. The first-order valence-corrected chi connectivity index (χ1v) is 5.94. The second-order valence-electron chi connectivity index (χ2n) is 4.20. The lowest BCUT2D eigenvalue weighted by Gasteiger charge is -2.14. The molecule has 0 spiro atoms. The Morgan fingerprint density at radius 3 is 3.00 bits per heavy atom. The number of aromatic amines is 1. The number of hydrogen-bond acceptors (Lipinski definition) is 3. The average Bonchev–Trinajstić information content (AvgIpc) is 2.73. The summed E-state index contributed by atoms with van der Waals surface area (Å²) in [7, 11) is 0. The molecule has 0 amide bonds. The van der Waals surface area contributed by atoms with E-state index in [9.17, 15) is 4.79 Å². The van der Waals surface area contributed by atoms with Gasteiger partial charge in [-0.3, -0.25) is 5.10 Å². The molecule has 6 heteroatoms. The van der Waals surface area contributed by atoms with Crippen molar-refractivity contribution in [2.24, 2.45) is 0 Å². The van der Waals surface area contributed by atoms with Crippen LogP contribution in [0.15, 0.2) is 6.20 Å². The van der Waals surface area contributed by atoms with Crippen LogP contribution in [-0.2, 0) is 12.8 Å². The summed E-state index contributed by atoms with van der Waals surface area (Å²) in [4.78, 5) is 15.5. The molecule has 0 aliphatic heterocycles. The van der Waals surface area contributed by atoms with Crippen molar-refractivity contribution in [1.29, 1.82) is 0 Å². The number of aromatic nitrogens is 3. The van der Waals surface area contributed by atoms with E-state index in [2.05, 4.69) is 10.1 Å². The molecule has 0 atom stereocenters. The van der Waals surface area contributed by atoms with Crippen molar-refractivity contribution in [1.82, 2.24) is 14.6 Å². The van der Waals surface area contributed by atoms with Crippen LogP contribution in [0.4, 0.5) is 0 Å². The molecule has 3 rings (SSSR count). The highest BCUT2D eigenvalue weighted by atomic mass is 32.1. The molecule has 0 saturated heterocycles. The lowest BCUT2D eigenvalue weighted by atomic mass is 9.97. The van der Waals surface area contributed by atoms with Crippen LogP contribution in [0.25, 0.3) is 5.65 Å². The molecule has 17 heavy (non-hydrogen) atoms. The fraction of sp³-hybridized carbons (Fsp3) is 0.364. The quantitative estimate of drug-likeness (QED) is 0.758. The third-order valence-corrected chi connectivity index (χ3v) is 3.59. The molecule has 0 bridgehead atoms. The van der Waals surface area contributed by atoms with Crippen LogP contribution in [0, 0.1) is 4.64 Å². The maximum atomic E-state index is 11.0. The van der Waals surface area contributed by atoms with Gasteiger partial charge in [0.2, 0.25) is 0 Å². The van der Waals surface area contributed by atoms with Crippen molar-refractivity contribution in [3.05, 3.63) is 27.7 Å². The van der Waals surface area contributed by atoms with Crippen molar-refractivity contribution in [3.63, 3.8) is 0 Å². The Hall–Kier alpha value is -1.69. The first kappa shape index (κ1) is 10.5. The van der Waals surface area contributed by atoms with Crippen LogP contribution in [0.1, 0.15) is 34.5 Å². The Balaban J connectivity index is 2.38. The lowest BCUT2D eigenvalue weighted by molar-refractivity contribution is 0.0699. The molecule has 5 nitrogen and oxygen atoms in total. The van der Waals surface area contributed by atoms with Crippen molar-refractivity contribution in [3.8, 4) is 0 Å². The number of rotatable bonds is 1. The zero-order chi connectivity index (χ0) is 12.0. The summed E-state index contributed by atoms with van der Waals surface area (Å²) in [5.41, 5.74) is 2.64. The standard InChI is InChI=1S/C11H11N3O2S/c15-11(16)7-5-12-14-9(7)13-8-4-2-1-3-6(8)10(14)17/h5,12H,1-4H2,(H,15,16). The van der Waals surface area contributed by atoms with E-state index in [4.69, 9.17) is 17.3 Å². The van der Waals surface area contributed by atoms with Gasteiger partial charge >= 0.3 is 5.97 Å². The zero-order valence-corrected chi connectivity index (χ0v) is 9.88. The van der Waals surface area contributed by atoms with E-state index in [1.807, 2.05) is 0 Å². The summed E-state index contributed by atoms with van der Waals surface area (Å²) in [5, 5.41) is 11.9. The number of nitrogens with zero attached hydrogens (tertiary/aromatic N) is 2. The van der Waals surface area contributed by atoms with Crippen LogP contribution >= 0.6 is 12.2 Å². The molecule has 2 aromatic rings. The van der Waals surface area contributed by atoms with Crippen molar-refractivity contribution in [2.75, 3.05) is 0 Å². The summed E-state index contributed by atoms with van der Waals surface area (Å²) < 4.78 is 2.25. The highest BCUT2D eigenvalue weighted by Crippen LogP contribution is 2.22. The van der Waals surface area contributed by atoms with Gasteiger partial charge in [0.25, 0.3) is 0 Å². The van der Waals surface area contributed by atoms with Crippen LogP contribution in [0.5, 0.6) is 0 Å². The number of carbonyl (C=O) groups is 1. The Morgan fingerprint density at radius 1 is 1.47 bits per heavy atom. The predicted octanol–water partition coefficient (Wildman–Crippen LogP) is 1.97. The van der Waals surface area contributed by atoms with Gasteiger partial charge in [-0.05, 0) is 25.7 Å². The summed E-state index contributed by atoms with van der Waals surface area (Å²) in [6.07, 6.45) is 5.48. The highest BCUT2D eigenvalue weighted by Gasteiger charge is 2.18. The van der Waals surface area contributed by atoms with E-state index in [-0.39, 0.29) is 5.56 Å². The fourth-order valence-electron chi connectivity index (χ4n) is 2.30. The van der Waals surface area contributed by atoms with Crippen LogP contribution in [0.3, 0.4) is 0 Å². The van der Waals surface area contributed by atoms with Gasteiger partial charge in [0.05, 0.1) is 0 Å². The lowest BCUT2D eigenvalue weighted by Crippen LogP contribution is -2.10. The molecule has 2 N–H and O–H groups in total. The number of aromatic carboxylic acids is 1. The number of hydrogen-bond donors (Lipinski definition) is 2. The van der Waals surface area contributed by atoms with Gasteiger partial charge in [0.15, 0.2) is 5.65 Å². The second-order valence-corrected chi connectivity index (χ2v) is 4.59. The van der Waals surface area contributed by atoms with Gasteiger partial charge in [0, 0.05) is 17.5 Å². The van der Waals surface area contributed by atoms with Crippen molar-refractivity contribution >= 4 is 23.8 Å². The Bertz CT molecular complexity index is 671. The van der Waals surface area contributed by atoms with Gasteiger partial charge in [-0.1, -0.05) is 12.2 Å². The van der Waals surface area contributed by atoms with E-state index in [0.717, 1.165) is 36.9 Å². The second kappa shape index (κ2) is 3.66. The summed E-state index contributed by atoms with van der Waals surface area (Å²) >= 11 is 5.38. The maximum Gasteiger partial charge on any atom is 0.341 e. The van der Waals surface area contributed by atoms with E-state index in [1.165, 1.54) is 6.20 Å². The highest BCUT2D eigenvalue weighted by molar-refractivity contribution is 7.71. The molecular formula is C11H11N3O2S. The van der Waals surface area contributed by atoms with Gasteiger partial charge in [-0.25, -0.2) is 14.3 Å². The van der Waals surface area contributed by atoms with Crippen LogP contribution in [0.2, 0.25) is 0 Å². The van der Waals surface area contributed by atoms with E-state index < -0.39 is 5.97 Å². The Kier molecular flexibility index (Phi) is 2.25. The number of carboxylic acid groups (broad SMARTS) is 1. The Morgan fingerprint density at radius 2 is 2.24 bits per heavy atom. The minimum absolute atomic E-state index is 0.171. The topological polar surface area (TPSA) is 70.4 Å². The third-order valence-electron chi connectivity index (χ3n) is 3.16. The number of H-pyrrole nitrogens is 1. The maximum absolute atomic E-state index is 11.0. The molecular weight excluding hydrogens is 238 g/mol. The molecule has 1 aliphatic carbocycles. The normalized spacial score (nSPS) is 14.8. The molecule has 88 valence electrons. The average molecular weight is 249 g/mol. The van der Waals surface area contributed by atoms with E-state index >= 15 is 0 Å². The Labute approximate surface area is 102 Å². The molecule has 0 aromatic carbocycles. The van der Waals surface area contributed by atoms with E-state index in [0.29, 0.717) is 10.3 Å². The molecule has 0 saturated carbocycles. The number of nitrogens with one attached hydrogen (secondary N) is 1. The largest absolute Gasteiger partial charge is 0.477 e. The monoisotopic (exact) mass is 249 g/mol. The van der Waals surface area contributed by atoms with Gasteiger partial charge in [-0.2, -0.15) is 0 Å². The minimum Gasteiger partial charge on any atom is -0.477 e. The number of carboxylic acids is 1. The first-order chi connectivity index (χ1) is 8.18. The molecule has 2 aromatic heterocycles. The third kappa shape index (κ3) is 1.48. The van der Waals surface area contributed by atoms with E-state index in [1.54, 1.807) is 4.52 Å².